The maximum Gasteiger partial charge on any atom is 0.221 e. The highest BCUT2D eigenvalue weighted by atomic mass is 16.5. The van der Waals surface area contributed by atoms with Crippen LogP contribution in [0.25, 0.3) is 10.9 Å². The van der Waals surface area contributed by atoms with Gasteiger partial charge >= 0.3 is 0 Å². The Morgan fingerprint density at radius 1 is 1.09 bits per heavy atom. The van der Waals surface area contributed by atoms with Crippen LogP contribution in [0.3, 0.4) is 0 Å². The lowest BCUT2D eigenvalue weighted by Gasteiger charge is -2.06. The van der Waals surface area contributed by atoms with Crippen LogP contribution in [0.1, 0.15) is 23.6 Å². The molecule has 0 saturated carbocycles. The van der Waals surface area contributed by atoms with Gasteiger partial charge in [0.25, 0.3) is 0 Å². The lowest BCUT2D eigenvalue weighted by atomic mass is 10.0. The number of ether oxygens (including phenoxy) is 1. The number of carbonyl (C=O) groups is 1. The van der Waals surface area contributed by atoms with Gasteiger partial charge in [-0.05, 0) is 53.9 Å². The molecule has 0 aliphatic heterocycles. The van der Waals surface area contributed by atoms with Gasteiger partial charge in [0.2, 0.25) is 5.91 Å². The van der Waals surface area contributed by atoms with E-state index in [0.717, 1.165) is 27.7 Å². The molecule has 0 fully saturated rings. The van der Waals surface area contributed by atoms with Crippen molar-refractivity contribution in [2.75, 3.05) is 12.4 Å². The summed E-state index contributed by atoms with van der Waals surface area (Å²) < 4.78 is 5.05. The van der Waals surface area contributed by atoms with Gasteiger partial charge in [0, 0.05) is 35.8 Å². The minimum Gasteiger partial charge on any atom is -0.504 e. The number of amides is 1. The second-order valence-corrected chi connectivity index (χ2v) is 7.44. The summed E-state index contributed by atoms with van der Waals surface area (Å²) in [7, 11) is 1.48. The van der Waals surface area contributed by atoms with Crippen molar-refractivity contribution in [2.45, 2.75) is 13.3 Å². The Morgan fingerprint density at radius 2 is 1.91 bits per heavy atom. The summed E-state index contributed by atoms with van der Waals surface area (Å²) >= 11 is 0. The Hall–Kier alpha value is -4.26. The van der Waals surface area contributed by atoms with Gasteiger partial charge in [0.15, 0.2) is 17.4 Å². The summed E-state index contributed by atoms with van der Waals surface area (Å²) in [6, 6.07) is 18.5. The number of nitrogens with zero attached hydrogens (tertiary/aromatic N) is 1. The maximum atomic E-state index is 11.3. The minimum atomic E-state index is -0.111. The standard InChI is InChI=1S/C25H23N3O4/c1-15(29)27-19-5-3-4-16(11-19)10-17-6-8-22-20(12-17)21(25(31)28-22)14-26-18-7-9-24(32-2)23(30)13-18/h3-9,11-14,28,30-31H,10H2,1-2H3,(H,27,29). The fourth-order valence-corrected chi connectivity index (χ4v) is 3.58. The van der Waals surface area contributed by atoms with E-state index >= 15 is 0 Å². The zero-order valence-electron chi connectivity index (χ0n) is 17.7. The number of aromatic nitrogens is 1. The number of aliphatic imine (C=N–C) groups is 1. The van der Waals surface area contributed by atoms with Gasteiger partial charge in [-0.1, -0.05) is 18.2 Å². The molecular formula is C25H23N3O4. The number of phenols is 1. The monoisotopic (exact) mass is 429 g/mol. The first-order valence-corrected chi connectivity index (χ1v) is 10.0. The number of H-pyrrole nitrogens is 1. The molecule has 7 heteroatoms. The molecule has 7 nitrogen and oxygen atoms in total. The average molecular weight is 429 g/mol. The smallest absolute Gasteiger partial charge is 0.221 e. The topological polar surface area (TPSA) is 107 Å². The third kappa shape index (κ3) is 4.57. The number of aromatic hydroxyl groups is 2. The van der Waals surface area contributed by atoms with Gasteiger partial charge in [0.05, 0.1) is 18.4 Å². The highest BCUT2D eigenvalue weighted by molar-refractivity contribution is 6.03. The van der Waals surface area contributed by atoms with Crippen LogP contribution in [0.5, 0.6) is 17.4 Å². The SMILES string of the molecule is COc1ccc(N=Cc2c(O)[nH]c3ccc(Cc4cccc(NC(C)=O)c4)cc23)cc1O. The molecule has 0 radical (unpaired) electrons. The molecule has 0 spiro atoms. The number of carbonyl (C=O) groups excluding carboxylic acids is 1. The minimum absolute atomic E-state index is 0.00548. The van der Waals surface area contributed by atoms with Crippen molar-refractivity contribution in [1.29, 1.82) is 0 Å². The maximum absolute atomic E-state index is 11.3. The van der Waals surface area contributed by atoms with Crippen LogP contribution in [0, 0.1) is 0 Å². The van der Waals surface area contributed by atoms with E-state index in [-0.39, 0.29) is 17.5 Å². The first-order valence-electron chi connectivity index (χ1n) is 10.0. The molecule has 1 aromatic heterocycles. The van der Waals surface area contributed by atoms with E-state index < -0.39 is 0 Å². The third-order valence-electron chi connectivity index (χ3n) is 5.04. The molecule has 0 aliphatic rings. The van der Waals surface area contributed by atoms with Crippen LogP contribution in [-0.2, 0) is 11.2 Å². The number of nitrogens with one attached hydrogen (secondary N) is 2. The molecule has 0 bridgehead atoms. The van der Waals surface area contributed by atoms with Crippen molar-refractivity contribution < 1.29 is 19.7 Å². The van der Waals surface area contributed by atoms with Gasteiger partial charge in [-0.2, -0.15) is 0 Å². The van der Waals surface area contributed by atoms with Crippen LogP contribution >= 0.6 is 0 Å². The first-order chi connectivity index (χ1) is 15.4. The predicted molar refractivity (Wildman–Crippen MR) is 125 cm³/mol. The van der Waals surface area contributed by atoms with Crippen LogP contribution in [0.15, 0.2) is 65.7 Å². The van der Waals surface area contributed by atoms with Crippen molar-refractivity contribution in [3.63, 3.8) is 0 Å². The van der Waals surface area contributed by atoms with E-state index in [4.69, 9.17) is 4.74 Å². The Kier molecular flexibility index (Phi) is 5.81. The number of anilines is 1. The number of methoxy groups -OCH3 is 1. The number of benzene rings is 3. The molecule has 4 rings (SSSR count). The number of hydrogen-bond donors (Lipinski definition) is 4. The van der Waals surface area contributed by atoms with Crippen molar-refractivity contribution >= 4 is 34.4 Å². The molecule has 3 aromatic carbocycles. The summed E-state index contributed by atoms with van der Waals surface area (Å²) in [4.78, 5) is 18.7. The lowest BCUT2D eigenvalue weighted by molar-refractivity contribution is -0.114. The van der Waals surface area contributed by atoms with Crippen molar-refractivity contribution in [3.05, 3.63) is 77.4 Å². The summed E-state index contributed by atoms with van der Waals surface area (Å²) in [5.41, 5.74) is 4.74. The molecule has 4 aromatic rings. The van der Waals surface area contributed by atoms with E-state index in [0.29, 0.717) is 23.4 Å². The molecule has 1 amide bonds. The molecular weight excluding hydrogens is 406 g/mol. The van der Waals surface area contributed by atoms with Gasteiger partial charge < -0.3 is 25.3 Å². The largest absolute Gasteiger partial charge is 0.504 e. The van der Waals surface area contributed by atoms with E-state index in [1.165, 1.54) is 20.1 Å². The van der Waals surface area contributed by atoms with Crippen LogP contribution in [0.4, 0.5) is 11.4 Å². The second-order valence-electron chi connectivity index (χ2n) is 7.44. The van der Waals surface area contributed by atoms with Gasteiger partial charge in [-0.3, -0.25) is 9.79 Å². The normalized spacial score (nSPS) is 11.2. The Bertz CT molecular complexity index is 1320. The van der Waals surface area contributed by atoms with Crippen molar-refractivity contribution in [1.82, 2.24) is 4.98 Å². The number of rotatable bonds is 6. The second kappa shape index (κ2) is 8.85. The summed E-state index contributed by atoms with van der Waals surface area (Å²) in [6.45, 7) is 1.48. The lowest BCUT2D eigenvalue weighted by Crippen LogP contribution is -2.05. The molecule has 0 atom stereocenters. The Morgan fingerprint density at radius 3 is 2.66 bits per heavy atom. The quantitative estimate of drug-likeness (QED) is 0.327. The molecule has 162 valence electrons. The van der Waals surface area contributed by atoms with Gasteiger partial charge in [-0.15, -0.1) is 0 Å². The van der Waals surface area contributed by atoms with E-state index in [1.807, 2.05) is 42.5 Å². The fourth-order valence-electron chi connectivity index (χ4n) is 3.58. The zero-order valence-corrected chi connectivity index (χ0v) is 17.7. The highest BCUT2D eigenvalue weighted by Gasteiger charge is 2.11. The number of hydrogen-bond acceptors (Lipinski definition) is 5. The highest BCUT2D eigenvalue weighted by Crippen LogP contribution is 2.31. The average Bonchev–Trinajstić information content (AvgIpc) is 3.06. The van der Waals surface area contributed by atoms with E-state index in [2.05, 4.69) is 15.3 Å². The van der Waals surface area contributed by atoms with Crippen molar-refractivity contribution in [3.8, 4) is 17.4 Å². The molecule has 0 saturated heterocycles. The number of phenolic OH excluding ortho intramolecular Hbond substituents is 1. The number of aromatic amines is 1. The molecule has 0 aliphatic carbocycles. The van der Waals surface area contributed by atoms with E-state index in [9.17, 15) is 15.0 Å². The van der Waals surface area contributed by atoms with Crippen LogP contribution in [0.2, 0.25) is 0 Å². The molecule has 4 N–H and O–H groups in total. The summed E-state index contributed by atoms with van der Waals surface area (Å²) in [6.07, 6.45) is 2.23. The third-order valence-corrected chi connectivity index (χ3v) is 5.04. The van der Waals surface area contributed by atoms with Crippen molar-refractivity contribution in [2.24, 2.45) is 4.99 Å². The van der Waals surface area contributed by atoms with Gasteiger partial charge in [-0.25, -0.2) is 0 Å². The van der Waals surface area contributed by atoms with Crippen LogP contribution < -0.4 is 10.1 Å². The Labute approximate surface area is 185 Å². The fraction of sp³-hybridized carbons (Fsp3) is 0.120. The van der Waals surface area contributed by atoms with Gasteiger partial charge in [0.1, 0.15) is 0 Å². The number of fused-ring (bicyclic) bond motifs is 1. The Balaban J connectivity index is 1.62. The zero-order chi connectivity index (χ0) is 22.7. The summed E-state index contributed by atoms with van der Waals surface area (Å²) in [5, 5.41) is 24.0. The molecule has 1 heterocycles. The molecule has 0 unspecified atom stereocenters. The predicted octanol–water partition coefficient (Wildman–Crippen LogP) is 4.89. The molecule has 32 heavy (non-hydrogen) atoms. The summed E-state index contributed by atoms with van der Waals surface area (Å²) in [5.74, 6) is 0.270. The van der Waals surface area contributed by atoms with E-state index in [1.54, 1.807) is 18.3 Å². The first kappa shape index (κ1) is 21.0. The van der Waals surface area contributed by atoms with Crippen LogP contribution in [-0.4, -0.2) is 34.4 Å².